The van der Waals surface area contributed by atoms with Crippen molar-refractivity contribution in [1.82, 2.24) is 15.5 Å². The number of hydrogen-bond donors (Lipinski definition) is 6. The molecule has 7 N–H and O–H groups in total. The van der Waals surface area contributed by atoms with Gasteiger partial charge in [0.15, 0.2) is 5.96 Å². The summed E-state index contributed by atoms with van der Waals surface area (Å²) in [6, 6.07) is 0.367. The van der Waals surface area contributed by atoms with E-state index in [1.54, 1.807) is 7.05 Å². The molecule has 0 amide bonds. The number of carboxylic acids is 1. The van der Waals surface area contributed by atoms with Gasteiger partial charge in [-0.3, -0.25) is 4.99 Å². The number of carbonyl (C=O) groups is 1. The SMILES string of the molecule is CCCCC[C@@H]1CC[C@@H](NC)C[C@H]1OC[C@@]1(O)C[C@@]23C(=C1C(=O)O)C[C@@H](CC[C@H]2C)[C@@]31CN(C(N)=NC)C=C[C@@H]1CNCCO. The Morgan fingerprint density at radius 1 is 1.24 bits per heavy atom. The van der Waals surface area contributed by atoms with Crippen LogP contribution in [0.5, 0.6) is 0 Å². The largest absolute Gasteiger partial charge is 0.478 e. The van der Waals surface area contributed by atoms with E-state index in [0.717, 1.165) is 44.1 Å². The molecule has 1 heterocycles. The van der Waals surface area contributed by atoms with Gasteiger partial charge in [-0.05, 0) is 87.7 Å². The Morgan fingerprint density at radius 3 is 2.73 bits per heavy atom. The van der Waals surface area contributed by atoms with Gasteiger partial charge >= 0.3 is 5.97 Å². The van der Waals surface area contributed by atoms with Crippen LogP contribution in [0.1, 0.15) is 84.5 Å². The number of aliphatic imine (C=N–C) groups is 1. The first-order chi connectivity index (χ1) is 21.6. The number of guanidine groups is 1. The lowest BCUT2D eigenvalue weighted by Crippen LogP contribution is -2.62. The first-order valence-electron chi connectivity index (χ1n) is 17.6. The number of nitrogens with two attached hydrogens (primary N) is 1. The highest BCUT2D eigenvalue weighted by Gasteiger charge is 2.75. The lowest BCUT2D eigenvalue weighted by atomic mass is 9.46. The van der Waals surface area contributed by atoms with E-state index in [9.17, 15) is 20.1 Å². The molecule has 4 aliphatic carbocycles. The Labute approximate surface area is 269 Å². The van der Waals surface area contributed by atoms with E-state index in [0.29, 0.717) is 50.4 Å². The van der Waals surface area contributed by atoms with Crippen LogP contribution in [0, 0.1) is 34.5 Å². The number of nitrogens with one attached hydrogen (secondary N) is 2. The molecule has 3 fully saturated rings. The van der Waals surface area contributed by atoms with Crippen molar-refractivity contribution in [3.63, 3.8) is 0 Å². The van der Waals surface area contributed by atoms with Crippen LogP contribution in [0.15, 0.2) is 28.4 Å². The number of rotatable bonds is 13. The molecule has 45 heavy (non-hydrogen) atoms. The number of hydrogen-bond acceptors (Lipinski definition) is 7. The Kier molecular flexibility index (Phi) is 10.7. The lowest BCUT2D eigenvalue weighted by molar-refractivity contribution is -0.145. The van der Waals surface area contributed by atoms with Crippen molar-refractivity contribution < 1.29 is 24.9 Å². The molecule has 1 aliphatic heterocycles. The summed E-state index contributed by atoms with van der Waals surface area (Å²) in [6.45, 7) is 6.31. The molecule has 0 saturated heterocycles. The average Bonchev–Trinajstić information content (AvgIpc) is 3.38. The average molecular weight is 630 g/mol. The Morgan fingerprint density at radius 2 is 2.04 bits per heavy atom. The molecule has 2 spiro atoms. The van der Waals surface area contributed by atoms with Crippen LogP contribution in [0.4, 0.5) is 0 Å². The molecular formula is C35H59N5O5. The quantitative estimate of drug-likeness (QED) is 0.102. The van der Waals surface area contributed by atoms with Crippen molar-refractivity contribution in [1.29, 1.82) is 0 Å². The molecular weight excluding hydrogens is 570 g/mol. The Balaban J connectivity index is 1.52. The summed E-state index contributed by atoms with van der Waals surface area (Å²) >= 11 is 0. The summed E-state index contributed by atoms with van der Waals surface area (Å²) < 4.78 is 6.73. The predicted octanol–water partition coefficient (Wildman–Crippen LogP) is 3.25. The zero-order valence-electron chi connectivity index (χ0n) is 28.1. The molecule has 0 aromatic rings. The van der Waals surface area contributed by atoms with E-state index in [1.807, 2.05) is 18.1 Å². The molecule has 254 valence electrons. The summed E-state index contributed by atoms with van der Waals surface area (Å²) in [5, 5.41) is 39.9. The molecule has 3 saturated carbocycles. The third-order valence-corrected chi connectivity index (χ3v) is 12.7. The molecule has 10 nitrogen and oxygen atoms in total. The van der Waals surface area contributed by atoms with E-state index >= 15 is 0 Å². The van der Waals surface area contributed by atoms with E-state index in [1.165, 1.54) is 19.3 Å². The van der Waals surface area contributed by atoms with Crippen molar-refractivity contribution >= 4 is 11.9 Å². The molecule has 0 aromatic carbocycles. The summed E-state index contributed by atoms with van der Waals surface area (Å²) in [5.74, 6) is 0.336. The molecule has 0 radical (unpaired) electrons. The minimum Gasteiger partial charge on any atom is -0.478 e. The lowest BCUT2D eigenvalue weighted by Gasteiger charge is -2.61. The molecule has 0 unspecified atom stereocenters. The van der Waals surface area contributed by atoms with Gasteiger partial charge in [-0.25, -0.2) is 4.79 Å². The standard InChI is InChI=1S/C35H59N5O5/c1-5-6-7-8-24-10-12-27(37-3)18-29(24)45-22-33(44)20-34-23(2)9-11-25(17-28(34)30(33)31(42)43)35(34)21-40(32(36)38-4)15-13-26(35)19-39-14-16-41/h13,15,23-27,29,37,39,41,44H,5-12,14,16-22H2,1-4H3,(H2,36,38)(H,42,43)/t23-,24-,25-,26-,27-,29-,33+,34+,35-/m1/s1. The maximum atomic E-state index is 13.2. The van der Waals surface area contributed by atoms with Gasteiger partial charge in [-0.15, -0.1) is 0 Å². The van der Waals surface area contributed by atoms with Crippen molar-refractivity contribution in [3.05, 3.63) is 23.4 Å². The van der Waals surface area contributed by atoms with Crippen LogP contribution in [-0.2, 0) is 9.53 Å². The highest BCUT2D eigenvalue weighted by molar-refractivity contribution is 5.92. The molecule has 2 bridgehead atoms. The Bertz CT molecular complexity index is 1160. The highest BCUT2D eigenvalue weighted by atomic mass is 16.5. The topological polar surface area (TPSA) is 153 Å². The van der Waals surface area contributed by atoms with E-state index in [-0.39, 0.29) is 48.1 Å². The van der Waals surface area contributed by atoms with Crippen LogP contribution < -0.4 is 16.4 Å². The predicted molar refractivity (Wildman–Crippen MR) is 177 cm³/mol. The van der Waals surface area contributed by atoms with Gasteiger partial charge in [0.05, 0.1) is 24.9 Å². The monoisotopic (exact) mass is 629 g/mol. The first kappa shape index (κ1) is 34.4. The van der Waals surface area contributed by atoms with Crippen LogP contribution in [0.25, 0.3) is 0 Å². The number of aliphatic hydroxyl groups excluding tert-OH is 1. The smallest absolute Gasteiger partial charge is 0.334 e. The van der Waals surface area contributed by atoms with Gasteiger partial charge < -0.3 is 41.3 Å². The Hall–Kier alpha value is -1.98. The minimum absolute atomic E-state index is 0.00423. The fourth-order valence-electron chi connectivity index (χ4n) is 10.6. The van der Waals surface area contributed by atoms with Crippen molar-refractivity contribution in [2.45, 2.75) is 102 Å². The second-order valence-electron chi connectivity index (χ2n) is 14.7. The second kappa shape index (κ2) is 14.0. The number of carboxylic acid groups (broad SMARTS) is 1. The highest BCUT2D eigenvalue weighted by Crippen LogP contribution is 2.77. The number of allylic oxidation sites excluding steroid dienone is 1. The molecule has 10 heteroatoms. The second-order valence-corrected chi connectivity index (χ2v) is 14.7. The zero-order valence-corrected chi connectivity index (χ0v) is 28.1. The number of aliphatic carboxylic acids is 1. The maximum Gasteiger partial charge on any atom is 0.334 e. The maximum absolute atomic E-state index is 13.2. The van der Waals surface area contributed by atoms with E-state index in [2.05, 4.69) is 35.5 Å². The van der Waals surface area contributed by atoms with E-state index in [4.69, 9.17) is 10.5 Å². The van der Waals surface area contributed by atoms with Gasteiger partial charge in [0, 0.05) is 49.8 Å². The van der Waals surface area contributed by atoms with E-state index < -0.39 is 17.0 Å². The molecule has 5 aliphatic rings. The minimum atomic E-state index is -1.58. The number of aliphatic hydroxyl groups is 2. The van der Waals surface area contributed by atoms with Crippen LogP contribution >= 0.6 is 0 Å². The summed E-state index contributed by atoms with van der Waals surface area (Å²) in [7, 11) is 3.70. The summed E-state index contributed by atoms with van der Waals surface area (Å²) in [4.78, 5) is 19.6. The van der Waals surface area contributed by atoms with Crippen LogP contribution in [-0.4, -0.2) is 96.8 Å². The number of ether oxygens (including phenoxy) is 1. The molecule has 5 rings (SSSR count). The zero-order chi connectivity index (χ0) is 32.4. The van der Waals surface area contributed by atoms with Gasteiger partial charge in [0.25, 0.3) is 0 Å². The number of nitrogens with zero attached hydrogens (tertiary/aromatic N) is 2. The summed E-state index contributed by atoms with van der Waals surface area (Å²) in [6.07, 6.45) is 15.0. The fourth-order valence-corrected chi connectivity index (χ4v) is 10.6. The van der Waals surface area contributed by atoms with Crippen LogP contribution in [0.2, 0.25) is 0 Å². The number of unbranched alkanes of at least 4 members (excludes halogenated alkanes) is 2. The summed E-state index contributed by atoms with van der Waals surface area (Å²) in [5.41, 5.74) is 5.07. The molecule has 0 aromatic heterocycles. The molecule has 9 atom stereocenters. The van der Waals surface area contributed by atoms with Crippen molar-refractivity contribution in [2.24, 2.45) is 45.2 Å². The third-order valence-electron chi connectivity index (χ3n) is 12.7. The normalized spacial score (nSPS) is 39.6. The van der Waals surface area contributed by atoms with Gasteiger partial charge in [0.2, 0.25) is 0 Å². The van der Waals surface area contributed by atoms with Gasteiger partial charge in [-0.1, -0.05) is 39.2 Å². The van der Waals surface area contributed by atoms with Gasteiger partial charge in [0.1, 0.15) is 5.60 Å². The third kappa shape index (κ3) is 5.88. The van der Waals surface area contributed by atoms with Crippen molar-refractivity contribution in [3.8, 4) is 0 Å². The first-order valence-corrected chi connectivity index (χ1v) is 17.6. The van der Waals surface area contributed by atoms with Crippen molar-refractivity contribution in [2.75, 3.05) is 46.9 Å². The van der Waals surface area contributed by atoms with Crippen LogP contribution in [0.3, 0.4) is 0 Å². The van der Waals surface area contributed by atoms with Gasteiger partial charge in [-0.2, -0.15) is 0 Å². The fraction of sp³-hybridized carbons (Fsp3) is 0.829.